The van der Waals surface area contributed by atoms with E-state index < -0.39 is 47.7 Å². The Morgan fingerprint density at radius 1 is 1.17 bits per heavy atom. The molecular weight excluding hydrogens is 487 g/mol. The van der Waals surface area contributed by atoms with Gasteiger partial charge in [0.1, 0.15) is 34.5 Å². The fourth-order valence-corrected chi connectivity index (χ4v) is 3.97. The highest BCUT2D eigenvalue weighted by molar-refractivity contribution is 5.98. The van der Waals surface area contributed by atoms with Gasteiger partial charge in [0, 0.05) is 5.56 Å². The van der Waals surface area contributed by atoms with Crippen molar-refractivity contribution in [2.45, 2.75) is 37.5 Å². The first-order valence-corrected chi connectivity index (χ1v) is 10.7. The average Bonchev–Trinajstić information content (AvgIpc) is 3.18. The van der Waals surface area contributed by atoms with E-state index in [4.69, 9.17) is 10.5 Å². The molecule has 0 aliphatic heterocycles. The van der Waals surface area contributed by atoms with E-state index in [-0.39, 0.29) is 28.4 Å². The number of alkyl halides is 3. The summed E-state index contributed by atoms with van der Waals surface area (Å²) < 4.78 is 76.1. The third-order valence-corrected chi connectivity index (χ3v) is 5.83. The summed E-state index contributed by atoms with van der Waals surface area (Å²) in [4.78, 5) is 12.7. The molecule has 1 amide bonds. The topological polar surface area (TPSA) is 102 Å². The van der Waals surface area contributed by atoms with Gasteiger partial charge < -0.3 is 20.9 Å². The Kier molecular flexibility index (Phi) is 7.30. The summed E-state index contributed by atoms with van der Waals surface area (Å²) in [5, 5.41) is 16.6. The Morgan fingerprint density at radius 2 is 1.83 bits per heavy atom. The number of nitrogens with one attached hydrogen (secondary N) is 1. The van der Waals surface area contributed by atoms with Gasteiger partial charge in [-0.15, -0.1) is 0 Å². The molecule has 1 atom stereocenters. The van der Waals surface area contributed by atoms with Crippen molar-refractivity contribution in [1.29, 1.82) is 0 Å². The zero-order valence-corrected chi connectivity index (χ0v) is 19.7. The maximum absolute atomic E-state index is 14.1. The molecule has 1 aromatic heterocycles. The van der Waals surface area contributed by atoms with Crippen molar-refractivity contribution in [1.82, 2.24) is 15.1 Å². The Balaban J connectivity index is 1.86. The number of halogens is 5. The Hall–Kier alpha value is -3.67. The van der Waals surface area contributed by atoms with E-state index in [1.807, 2.05) is 5.32 Å². The lowest BCUT2D eigenvalue weighted by Crippen LogP contribution is -2.56. The number of para-hydroxylation sites is 1. The van der Waals surface area contributed by atoms with Crippen LogP contribution in [0.3, 0.4) is 0 Å². The van der Waals surface area contributed by atoms with Gasteiger partial charge in [-0.3, -0.25) is 4.79 Å². The monoisotopic (exact) mass is 512 g/mol. The number of nitrogens with zero attached hydrogens (tertiary/aromatic N) is 2. The van der Waals surface area contributed by atoms with Crippen molar-refractivity contribution in [2.75, 3.05) is 19.4 Å². The first-order valence-electron chi connectivity index (χ1n) is 10.7. The zero-order chi connectivity index (χ0) is 26.9. The van der Waals surface area contributed by atoms with Crippen LogP contribution in [0.15, 0.2) is 48.7 Å². The molecule has 0 aliphatic carbocycles. The second-order valence-electron chi connectivity index (χ2n) is 8.92. The number of carbonyl (C=O) groups excluding carboxylic acids is 1. The molecule has 2 aromatic carbocycles. The minimum absolute atomic E-state index is 0.0633. The molecule has 3 aromatic rings. The van der Waals surface area contributed by atoms with Gasteiger partial charge >= 0.3 is 6.18 Å². The van der Waals surface area contributed by atoms with E-state index in [9.17, 15) is 31.9 Å². The second kappa shape index (κ2) is 9.76. The van der Waals surface area contributed by atoms with E-state index in [1.165, 1.54) is 45.2 Å². The van der Waals surface area contributed by atoms with Crippen molar-refractivity contribution in [2.24, 2.45) is 0 Å². The lowest BCUT2D eigenvalue weighted by molar-refractivity contribution is -0.263. The molecule has 0 saturated carbocycles. The van der Waals surface area contributed by atoms with Crippen molar-refractivity contribution in [3.63, 3.8) is 0 Å². The molecular formula is C24H25F5N4O3. The molecule has 1 heterocycles. The Labute approximate surface area is 203 Å². The number of methoxy groups -OCH3 is 1. The van der Waals surface area contributed by atoms with Crippen LogP contribution in [0.1, 0.15) is 36.2 Å². The first-order chi connectivity index (χ1) is 16.7. The summed E-state index contributed by atoms with van der Waals surface area (Å²) in [5.74, 6) is -2.59. The molecule has 4 N–H and O–H groups in total. The van der Waals surface area contributed by atoms with Crippen LogP contribution in [0.4, 0.5) is 27.8 Å². The molecule has 0 fully saturated rings. The minimum Gasteiger partial charge on any atom is -0.496 e. The lowest BCUT2D eigenvalue weighted by Gasteiger charge is -2.38. The summed E-state index contributed by atoms with van der Waals surface area (Å²) in [5.41, 5.74) is 0.788. The van der Waals surface area contributed by atoms with Crippen LogP contribution in [0, 0.1) is 11.6 Å². The maximum atomic E-state index is 14.1. The Bertz CT molecular complexity index is 1260. The van der Waals surface area contributed by atoms with Gasteiger partial charge in [0.15, 0.2) is 5.60 Å². The smallest absolute Gasteiger partial charge is 0.418 e. The Morgan fingerprint density at radius 3 is 2.44 bits per heavy atom. The van der Waals surface area contributed by atoms with Gasteiger partial charge in [-0.2, -0.15) is 18.3 Å². The molecule has 0 radical (unpaired) electrons. The quantitative estimate of drug-likeness (QED) is 0.394. The van der Waals surface area contributed by atoms with Crippen molar-refractivity contribution < 1.29 is 36.6 Å². The number of rotatable bonds is 8. The number of nitrogens with two attached hydrogens (primary N) is 1. The summed E-state index contributed by atoms with van der Waals surface area (Å²) in [6.45, 7) is 1.54. The van der Waals surface area contributed by atoms with E-state index >= 15 is 0 Å². The fraction of sp³-hybridized carbons (Fsp3) is 0.333. The normalized spacial score (nSPS) is 13.8. The van der Waals surface area contributed by atoms with Crippen molar-refractivity contribution in [3.8, 4) is 11.4 Å². The van der Waals surface area contributed by atoms with Gasteiger partial charge in [-0.1, -0.05) is 26.0 Å². The molecule has 0 bridgehead atoms. The molecule has 12 heteroatoms. The number of amides is 1. The molecule has 3 rings (SSSR count). The van der Waals surface area contributed by atoms with Crippen molar-refractivity contribution >= 4 is 11.7 Å². The number of nitrogen functional groups attached to an aromatic ring is 1. The molecule has 194 valence electrons. The summed E-state index contributed by atoms with van der Waals surface area (Å²) >= 11 is 0. The number of hydrogen-bond acceptors (Lipinski definition) is 5. The van der Waals surface area contributed by atoms with Gasteiger partial charge in [0.25, 0.3) is 5.91 Å². The van der Waals surface area contributed by atoms with E-state index in [2.05, 4.69) is 5.10 Å². The standard InChI is InChI=1S/C24H25F5N4O3/c1-22(2,16-10-14(25)8-9-19(16)36-3)12-23(35,24(27,28)29)13-31-21(34)15-11-32-33(20(15)30)18-7-5-4-6-17(18)26/h4-11,35H,12-13,30H2,1-3H3,(H,31,34)/t23-/m0/s1. The predicted octanol–water partition coefficient (Wildman–Crippen LogP) is 4.13. The predicted molar refractivity (Wildman–Crippen MR) is 122 cm³/mol. The minimum atomic E-state index is -5.17. The van der Waals surface area contributed by atoms with Crippen LogP contribution in [0.5, 0.6) is 5.75 Å². The van der Waals surface area contributed by atoms with E-state index in [1.54, 1.807) is 0 Å². The summed E-state index contributed by atoms with van der Waals surface area (Å²) in [6.07, 6.45) is -5.13. The number of anilines is 1. The number of ether oxygens (including phenoxy) is 1. The van der Waals surface area contributed by atoms with Crippen LogP contribution >= 0.6 is 0 Å². The third-order valence-electron chi connectivity index (χ3n) is 5.83. The fourth-order valence-electron chi connectivity index (χ4n) is 3.97. The van der Waals surface area contributed by atoms with Crippen molar-refractivity contribution in [3.05, 3.63) is 71.4 Å². The maximum Gasteiger partial charge on any atom is 0.418 e. The van der Waals surface area contributed by atoms with Crippen LogP contribution < -0.4 is 15.8 Å². The number of aliphatic hydroxyl groups is 1. The number of hydrogen-bond donors (Lipinski definition) is 3. The third kappa shape index (κ3) is 5.27. The second-order valence-corrected chi connectivity index (χ2v) is 8.92. The molecule has 36 heavy (non-hydrogen) atoms. The van der Waals surface area contributed by atoms with Gasteiger partial charge in [0.05, 0.1) is 19.9 Å². The highest BCUT2D eigenvalue weighted by Crippen LogP contribution is 2.43. The largest absolute Gasteiger partial charge is 0.496 e. The van der Waals surface area contributed by atoms with Crippen LogP contribution in [-0.2, 0) is 5.41 Å². The summed E-state index contributed by atoms with van der Waals surface area (Å²) in [7, 11) is 1.29. The van der Waals surface area contributed by atoms with Gasteiger partial charge in [-0.25, -0.2) is 13.5 Å². The SMILES string of the molecule is COc1ccc(F)cc1C(C)(C)C[C@](O)(CNC(=O)c1cnn(-c2ccccc2F)c1N)C(F)(F)F. The molecule has 0 spiro atoms. The number of carbonyl (C=O) groups is 1. The highest BCUT2D eigenvalue weighted by atomic mass is 19.4. The number of aromatic nitrogens is 2. The van der Waals surface area contributed by atoms with Gasteiger partial charge in [0.2, 0.25) is 0 Å². The molecule has 0 unspecified atom stereocenters. The first kappa shape index (κ1) is 26.9. The molecule has 0 aliphatic rings. The highest BCUT2D eigenvalue weighted by Gasteiger charge is 2.56. The molecule has 7 nitrogen and oxygen atoms in total. The molecule has 0 saturated heterocycles. The lowest BCUT2D eigenvalue weighted by atomic mass is 9.74. The zero-order valence-electron chi connectivity index (χ0n) is 19.7. The van der Waals surface area contributed by atoms with Crippen LogP contribution in [0.2, 0.25) is 0 Å². The van der Waals surface area contributed by atoms with Gasteiger partial charge in [-0.05, 0) is 42.2 Å². The number of benzene rings is 2. The van der Waals surface area contributed by atoms with Crippen LogP contribution in [-0.4, -0.2) is 46.2 Å². The van der Waals surface area contributed by atoms with Crippen LogP contribution in [0.25, 0.3) is 5.69 Å². The average molecular weight is 512 g/mol. The van der Waals surface area contributed by atoms with E-state index in [0.717, 1.165) is 29.1 Å². The van der Waals surface area contributed by atoms with E-state index in [0.29, 0.717) is 0 Å². The summed E-state index contributed by atoms with van der Waals surface area (Å²) in [6, 6.07) is 8.85.